The van der Waals surface area contributed by atoms with Crippen LogP contribution < -0.4 is 5.32 Å². The topological polar surface area (TPSA) is 49.3 Å². The molecule has 0 aromatic heterocycles. The molecule has 0 aliphatic carbocycles. The monoisotopic (exact) mass is 279 g/mol. The molecule has 0 aliphatic heterocycles. The molecule has 0 bridgehead atoms. The average Bonchev–Trinajstić information content (AvgIpc) is 2.21. The van der Waals surface area contributed by atoms with Gasteiger partial charge in [0.05, 0.1) is 21.7 Å². The Hall–Kier alpha value is -1.00. The Morgan fingerprint density at radius 2 is 1.82 bits per heavy atom. The molecule has 3 nitrogen and oxygen atoms in total. The largest absolute Gasteiger partial charge is 0.481 e. The maximum absolute atomic E-state index is 12.9. The van der Waals surface area contributed by atoms with Crippen molar-refractivity contribution in [3.63, 3.8) is 0 Å². The fourth-order valence-electron chi connectivity index (χ4n) is 1.25. The van der Waals surface area contributed by atoms with Gasteiger partial charge in [-0.25, -0.2) is 4.39 Å². The first kappa shape index (κ1) is 14.1. The first-order chi connectivity index (χ1) is 7.82. The van der Waals surface area contributed by atoms with Crippen LogP contribution in [0.4, 0.5) is 10.1 Å². The average molecular weight is 280 g/mol. The molecule has 0 fully saturated rings. The highest BCUT2D eigenvalue weighted by molar-refractivity contribution is 6.39. The summed E-state index contributed by atoms with van der Waals surface area (Å²) in [6.07, 6.45) is 0. The van der Waals surface area contributed by atoms with Crippen molar-refractivity contribution in [1.82, 2.24) is 0 Å². The highest BCUT2D eigenvalue weighted by Crippen LogP contribution is 2.32. The van der Waals surface area contributed by atoms with E-state index in [-0.39, 0.29) is 16.1 Å². The summed E-state index contributed by atoms with van der Waals surface area (Å²) in [7, 11) is 0. The lowest BCUT2D eigenvalue weighted by Gasteiger charge is -2.20. The second-order valence-electron chi connectivity index (χ2n) is 3.80. The Morgan fingerprint density at radius 1 is 1.35 bits per heavy atom. The van der Waals surface area contributed by atoms with Gasteiger partial charge in [-0.3, -0.25) is 4.79 Å². The van der Waals surface area contributed by atoms with Crippen molar-refractivity contribution < 1.29 is 14.3 Å². The SMILES string of the molecule is CC(Nc1c(Cl)cc(F)cc1Cl)C(C)C(=O)O. The molecule has 0 heterocycles. The Balaban J connectivity index is 2.92. The van der Waals surface area contributed by atoms with E-state index in [9.17, 15) is 9.18 Å². The molecule has 1 rings (SSSR count). The first-order valence-electron chi connectivity index (χ1n) is 4.96. The smallest absolute Gasteiger partial charge is 0.308 e. The van der Waals surface area contributed by atoms with Gasteiger partial charge in [0.2, 0.25) is 0 Å². The number of anilines is 1. The lowest BCUT2D eigenvalue weighted by atomic mass is 10.0. The lowest BCUT2D eigenvalue weighted by Crippen LogP contribution is -2.29. The third kappa shape index (κ3) is 3.48. The zero-order valence-electron chi connectivity index (χ0n) is 9.30. The highest BCUT2D eigenvalue weighted by Gasteiger charge is 2.21. The van der Waals surface area contributed by atoms with Crippen molar-refractivity contribution in [2.75, 3.05) is 5.32 Å². The fraction of sp³-hybridized carbons (Fsp3) is 0.364. The number of nitrogens with one attached hydrogen (secondary N) is 1. The van der Waals surface area contributed by atoms with Gasteiger partial charge in [0.1, 0.15) is 5.82 Å². The number of hydrogen-bond acceptors (Lipinski definition) is 2. The van der Waals surface area contributed by atoms with E-state index in [0.717, 1.165) is 12.1 Å². The minimum Gasteiger partial charge on any atom is -0.481 e. The molecule has 0 saturated carbocycles. The highest BCUT2D eigenvalue weighted by atomic mass is 35.5. The summed E-state index contributed by atoms with van der Waals surface area (Å²) in [5.74, 6) is -2.09. The summed E-state index contributed by atoms with van der Waals surface area (Å²) in [6, 6.07) is 1.86. The van der Waals surface area contributed by atoms with E-state index in [1.54, 1.807) is 13.8 Å². The molecule has 1 aromatic rings. The summed E-state index contributed by atoms with van der Waals surface area (Å²) in [4.78, 5) is 10.8. The van der Waals surface area contributed by atoms with Crippen molar-refractivity contribution in [2.24, 2.45) is 5.92 Å². The molecule has 17 heavy (non-hydrogen) atoms. The summed E-state index contributed by atoms with van der Waals surface area (Å²) in [6.45, 7) is 3.25. The molecular formula is C11H12Cl2FNO2. The quantitative estimate of drug-likeness (QED) is 0.885. The van der Waals surface area contributed by atoms with Crippen molar-refractivity contribution in [2.45, 2.75) is 19.9 Å². The number of carboxylic acid groups (broad SMARTS) is 1. The molecule has 0 saturated heterocycles. The van der Waals surface area contributed by atoms with Gasteiger partial charge in [-0.05, 0) is 26.0 Å². The second-order valence-corrected chi connectivity index (χ2v) is 4.62. The molecule has 2 N–H and O–H groups in total. The number of carbonyl (C=O) groups is 1. The first-order valence-corrected chi connectivity index (χ1v) is 5.72. The summed E-state index contributed by atoms with van der Waals surface area (Å²) in [5, 5.41) is 12.0. The third-order valence-corrected chi connectivity index (χ3v) is 3.11. The molecule has 2 atom stereocenters. The maximum atomic E-state index is 12.9. The summed E-state index contributed by atoms with van der Waals surface area (Å²) < 4.78 is 12.9. The molecule has 0 radical (unpaired) electrons. The van der Waals surface area contributed by atoms with Gasteiger partial charge in [0.15, 0.2) is 0 Å². The Morgan fingerprint density at radius 3 is 2.24 bits per heavy atom. The van der Waals surface area contributed by atoms with Gasteiger partial charge in [0, 0.05) is 6.04 Å². The van der Waals surface area contributed by atoms with Crippen molar-refractivity contribution in [1.29, 1.82) is 0 Å². The standard InChI is InChI=1S/C11H12Cl2FNO2/c1-5(11(16)17)6(2)15-10-8(12)3-7(14)4-9(10)13/h3-6,15H,1-2H3,(H,16,17). The normalized spacial score (nSPS) is 14.2. The number of aliphatic carboxylic acids is 1. The Bertz CT molecular complexity index is 416. The van der Waals surface area contributed by atoms with Gasteiger partial charge < -0.3 is 10.4 Å². The van der Waals surface area contributed by atoms with E-state index < -0.39 is 17.7 Å². The molecular weight excluding hydrogens is 268 g/mol. The molecule has 6 heteroatoms. The Kier molecular flexibility index (Phi) is 4.60. The zero-order valence-corrected chi connectivity index (χ0v) is 10.8. The third-order valence-electron chi connectivity index (χ3n) is 2.52. The van der Waals surface area contributed by atoms with Crippen LogP contribution in [0, 0.1) is 11.7 Å². The number of rotatable bonds is 4. The van der Waals surface area contributed by atoms with Crippen LogP contribution in [0.1, 0.15) is 13.8 Å². The second kappa shape index (κ2) is 5.56. The van der Waals surface area contributed by atoms with E-state index in [0.29, 0.717) is 5.69 Å². The predicted octanol–water partition coefficient (Wildman–Crippen LogP) is 3.65. The Labute approximate surface area is 109 Å². The van der Waals surface area contributed by atoms with Crippen molar-refractivity contribution >= 4 is 34.9 Å². The van der Waals surface area contributed by atoms with Crippen molar-refractivity contribution in [3.05, 3.63) is 28.0 Å². The lowest BCUT2D eigenvalue weighted by molar-refractivity contribution is -0.141. The van der Waals surface area contributed by atoms with E-state index in [2.05, 4.69) is 5.32 Å². The zero-order chi connectivity index (χ0) is 13.2. The van der Waals surface area contributed by atoms with Crippen LogP contribution in [0.3, 0.4) is 0 Å². The molecule has 2 unspecified atom stereocenters. The number of carboxylic acids is 1. The number of halogens is 3. The summed E-state index contributed by atoms with van der Waals surface area (Å²) in [5.41, 5.74) is 0.343. The van der Waals surface area contributed by atoms with E-state index in [1.807, 2.05) is 0 Å². The maximum Gasteiger partial charge on any atom is 0.308 e. The van der Waals surface area contributed by atoms with Crippen LogP contribution in [-0.2, 0) is 4.79 Å². The molecule has 94 valence electrons. The summed E-state index contributed by atoms with van der Waals surface area (Å²) >= 11 is 11.7. The van der Waals surface area contributed by atoms with Crippen LogP contribution in [0.5, 0.6) is 0 Å². The van der Waals surface area contributed by atoms with E-state index in [4.69, 9.17) is 28.3 Å². The van der Waals surface area contributed by atoms with E-state index in [1.165, 1.54) is 0 Å². The molecule has 0 amide bonds. The van der Waals surface area contributed by atoms with Crippen LogP contribution in [0.2, 0.25) is 10.0 Å². The molecule has 0 spiro atoms. The van der Waals surface area contributed by atoms with Crippen molar-refractivity contribution in [3.8, 4) is 0 Å². The van der Waals surface area contributed by atoms with Gasteiger partial charge >= 0.3 is 5.97 Å². The number of hydrogen-bond donors (Lipinski definition) is 2. The van der Waals surface area contributed by atoms with Gasteiger partial charge in [-0.1, -0.05) is 23.2 Å². The van der Waals surface area contributed by atoms with Gasteiger partial charge in [-0.2, -0.15) is 0 Å². The van der Waals surface area contributed by atoms with Crippen LogP contribution in [0.15, 0.2) is 12.1 Å². The van der Waals surface area contributed by atoms with Gasteiger partial charge in [0.25, 0.3) is 0 Å². The predicted molar refractivity (Wildman–Crippen MR) is 66.3 cm³/mol. The fourth-order valence-corrected chi connectivity index (χ4v) is 1.82. The van der Waals surface area contributed by atoms with Gasteiger partial charge in [-0.15, -0.1) is 0 Å². The van der Waals surface area contributed by atoms with Crippen LogP contribution in [0.25, 0.3) is 0 Å². The number of benzene rings is 1. The minimum atomic E-state index is -0.931. The molecule has 0 aliphatic rings. The van der Waals surface area contributed by atoms with E-state index >= 15 is 0 Å². The van der Waals surface area contributed by atoms with Crippen LogP contribution in [-0.4, -0.2) is 17.1 Å². The minimum absolute atomic E-state index is 0.124. The molecule has 1 aromatic carbocycles. The van der Waals surface area contributed by atoms with Crippen LogP contribution >= 0.6 is 23.2 Å².